The Kier molecular flexibility index (Phi) is 3.50. The van der Waals surface area contributed by atoms with Gasteiger partial charge in [0.15, 0.2) is 0 Å². The summed E-state index contributed by atoms with van der Waals surface area (Å²) in [5, 5.41) is 0. The zero-order valence-electron chi connectivity index (χ0n) is 9.55. The first kappa shape index (κ1) is 11.0. The van der Waals surface area contributed by atoms with Crippen molar-refractivity contribution in [1.29, 1.82) is 0 Å². The Morgan fingerprint density at radius 1 is 1.36 bits per heavy atom. The molecule has 1 fully saturated rings. The molecule has 0 aromatic heterocycles. The van der Waals surface area contributed by atoms with E-state index in [1.807, 2.05) is 20.9 Å². The fourth-order valence-electron chi connectivity index (χ4n) is 1.95. The summed E-state index contributed by atoms with van der Waals surface area (Å²) in [6, 6.07) is 0. The van der Waals surface area contributed by atoms with E-state index >= 15 is 0 Å². The van der Waals surface area contributed by atoms with Crippen LogP contribution < -0.4 is 0 Å². The van der Waals surface area contributed by atoms with E-state index in [1.165, 1.54) is 11.1 Å². The molecule has 0 atom stereocenters. The first-order chi connectivity index (χ1) is 6.70. The predicted octanol–water partition coefficient (Wildman–Crippen LogP) is 2.52. The van der Waals surface area contributed by atoms with Crippen molar-refractivity contribution in [2.24, 2.45) is 0 Å². The molecule has 0 saturated carbocycles. The minimum Gasteiger partial charge on any atom is -0.337 e. The van der Waals surface area contributed by atoms with Gasteiger partial charge in [-0.2, -0.15) is 0 Å². The van der Waals surface area contributed by atoms with Crippen LogP contribution in [0.3, 0.4) is 0 Å². The van der Waals surface area contributed by atoms with E-state index in [0.29, 0.717) is 0 Å². The molecule has 0 aromatic rings. The fourth-order valence-corrected chi connectivity index (χ4v) is 1.95. The summed E-state index contributed by atoms with van der Waals surface area (Å²) < 4.78 is 0. The van der Waals surface area contributed by atoms with Gasteiger partial charge < -0.3 is 4.90 Å². The van der Waals surface area contributed by atoms with E-state index in [2.05, 4.69) is 13.0 Å². The highest BCUT2D eigenvalue weighted by Crippen LogP contribution is 2.31. The van der Waals surface area contributed by atoms with E-state index in [0.717, 1.165) is 25.0 Å². The summed E-state index contributed by atoms with van der Waals surface area (Å²) >= 11 is 0. The fraction of sp³-hybridized carbons (Fsp3) is 0.583. The lowest BCUT2D eigenvalue weighted by atomic mass is 9.94. The van der Waals surface area contributed by atoms with Crippen LogP contribution in [0.1, 0.15) is 33.6 Å². The number of amides is 1. The molecule has 2 heteroatoms. The van der Waals surface area contributed by atoms with Gasteiger partial charge in [-0.05, 0) is 25.3 Å². The third-order valence-corrected chi connectivity index (χ3v) is 2.63. The first-order valence-electron chi connectivity index (χ1n) is 5.35. The molecule has 1 aliphatic heterocycles. The molecule has 0 bridgehead atoms. The van der Waals surface area contributed by atoms with Gasteiger partial charge in [0.2, 0.25) is 0 Å². The zero-order valence-corrected chi connectivity index (χ0v) is 9.55. The van der Waals surface area contributed by atoms with E-state index in [9.17, 15) is 4.79 Å². The Hall–Kier alpha value is -1.05. The van der Waals surface area contributed by atoms with E-state index in [-0.39, 0.29) is 5.91 Å². The molecule has 1 amide bonds. The van der Waals surface area contributed by atoms with E-state index < -0.39 is 0 Å². The number of hydrogen-bond acceptors (Lipinski definition) is 1. The molecule has 2 aliphatic rings. The Morgan fingerprint density at radius 3 is 2.57 bits per heavy atom. The van der Waals surface area contributed by atoms with Gasteiger partial charge in [0.1, 0.15) is 0 Å². The van der Waals surface area contributed by atoms with Gasteiger partial charge >= 0.3 is 0 Å². The van der Waals surface area contributed by atoms with E-state index in [1.54, 1.807) is 4.90 Å². The molecule has 0 unspecified atom stereocenters. The van der Waals surface area contributed by atoms with Crippen molar-refractivity contribution in [3.63, 3.8) is 0 Å². The van der Waals surface area contributed by atoms with Crippen molar-refractivity contribution < 1.29 is 4.79 Å². The second kappa shape index (κ2) is 4.45. The summed E-state index contributed by atoms with van der Waals surface area (Å²) in [4.78, 5) is 13.4. The van der Waals surface area contributed by atoms with Crippen LogP contribution in [0.5, 0.6) is 0 Å². The molecule has 1 saturated heterocycles. The maximum absolute atomic E-state index is 11.6. The van der Waals surface area contributed by atoms with Crippen molar-refractivity contribution in [3.05, 3.63) is 22.8 Å². The second-order valence-electron chi connectivity index (χ2n) is 3.58. The number of likely N-dealkylation sites (N-methyl/N-ethyl adjacent to an activating group) is 1. The number of allylic oxidation sites excluding steroid dienone is 2. The van der Waals surface area contributed by atoms with Gasteiger partial charge in [0.05, 0.1) is 0 Å². The monoisotopic (exact) mass is 193 g/mol. The maximum atomic E-state index is 11.6. The Balaban J connectivity index is 0.000000461. The molecule has 2 rings (SSSR count). The van der Waals surface area contributed by atoms with Crippen molar-refractivity contribution in [2.75, 3.05) is 13.6 Å². The SMILES string of the molecule is CC.CC1=C2C(=O)N(C)CC2=CCC1. The number of carbonyl (C=O) groups excluding carboxylic acids is 1. The quantitative estimate of drug-likeness (QED) is 0.579. The number of nitrogens with zero attached hydrogens (tertiary/aromatic N) is 1. The molecule has 1 aliphatic carbocycles. The van der Waals surface area contributed by atoms with E-state index in [4.69, 9.17) is 0 Å². The van der Waals surface area contributed by atoms with Gasteiger partial charge in [-0.15, -0.1) is 0 Å². The van der Waals surface area contributed by atoms with Crippen LogP contribution in [0.15, 0.2) is 22.8 Å². The highest BCUT2D eigenvalue weighted by atomic mass is 16.2. The number of rotatable bonds is 0. The molecular weight excluding hydrogens is 174 g/mol. The number of carbonyl (C=O) groups is 1. The third-order valence-electron chi connectivity index (χ3n) is 2.63. The number of fused-ring (bicyclic) bond motifs is 1. The van der Waals surface area contributed by atoms with Gasteiger partial charge in [-0.3, -0.25) is 4.79 Å². The summed E-state index contributed by atoms with van der Waals surface area (Å²) in [6.45, 7) is 6.88. The molecule has 78 valence electrons. The first-order valence-corrected chi connectivity index (χ1v) is 5.35. The van der Waals surface area contributed by atoms with Gasteiger partial charge in [0, 0.05) is 19.2 Å². The lowest BCUT2D eigenvalue weighted by molar-refractivity contribution is -0.123. The highest BCUT2D eigenvalue weighted by Gasteiger charge is 2.30. The van der Waals surface area contributed by atoms with Crippen LogP contribution >= 0.6 is 0 Å². The molecule has 2 nitrogen and oxygen atoms in total. The van der Waals surface area contributed by atoms with Crippen LogP contribution in [0.4, 0.5) is 0 Å². The average Bonchev–Trinajstić information content (AvgIpc) is 2.47. The summed E-state index contributed by atoms with van der Waals surface area (Å²) in [5.41, 5.74) is 3.50. The Bertz CT molecular complexity index is 299. The molecule has 0 spiro atoms. The van der Waals surface area contributed by atoms with Crippen molar-refractivity contribution in [1.82, 2.24) is 4.90 Å². The molecule has 1 heterocycles. The standard InChI is InChI=1S/C10H13NO.C2H6/c1-7-4-3-5-8-6-11(2)10(12)9(7)8;1-2/h5H,3-4,6H2,1-2H3;1-2H3. The van der Waals surface area contributed by atoms with Gasteiger partial charge in [0.25, 0.3) is 5.91 Å². The molecule has 0 radical (unpaired) electrons. The highest BCUT2D eigenvalue weighted by molar-refractivity contribution is 6.02. The molecule has 0 aromatic carbocycles. The van der Waals surface area contributed by atoms with Crippen LogP contribution in [-0.2, 0) is 4.79 Å². The van der Waals surface area contributed by atoms with Crippen LogP contribution in [0.2, 0.25) is 0 Å². The zero-order chi connectivity index (χ0) is 10.7. The molecule has 0 N–H and O–H groups in total. The van der Waals surface area contributed by atoms with Gasteiger partial charge in [-0.25, -0.2) is 0 Å². The Morgan fingerprint density at radius 2 is 2.00 bits per heavy atom. The number of likely N-dealkylation sites (tertiary alicyclic amines) is 1. The normalized spacial score (nSPS) is 20.1. The minimum atomic E-state index is 0.207. The third kappa shape index (κ3) is 1.74. The summed E-state index contributed by atoms with van der Waals surface area (Å²) in [5.74, 6) is 0.207. The largest absolute Gasteiger partial charge is 0.337 e. The topological polar surface area (TPSA) is 20.3 Å². The lowest BCUT2D eigenvalue weighted by Crippen LogP contribution is -2.19. The van der Waals surface area contributed by atoms with Crippen molar-refractivity contribution in [3.8, 4) is 0 Å². The smallest absolute Gasteiger partial charge is 0.254 e. The van der Waals surface area contributed by atoms with Crippen molar-refractivity contribution >= 4 is 5.91 Å². The second-order valence-corrected chi connectivity index (χ2v) is 3.58. The Labute approximate surface area is 86.3 Å². The molecular formula is C12H19NO. The lowest BCUT2D eigenvalue weighted by Gasteiger charge is -2.09. The van der Waals surface area contributed by atoms with Crippen molar-refractivity contribution in [2.45, 2.75) is 33.6 Å². The number of hydrogen-bond donors (Lipinski definition) is 0. The molecule has 14 heavy (non-hydrogen) atoms. The summed E-state index contributed by atoms with van der Waals surface area (Å²) in [7, 11) is 1.86. The summed E-state index contributed by atoms with van der Waals surface area (Å²) in [6.07, 6.45) is 4.36. The minimum absolute atomic E-state index is 0.207. The predicted molar refractivity (Wildman–Crippen MR) is 59.0 cm³/mol. The van der Waals surface area contributed by atoms with Gasteiger partial charge in [-0.1, -0.05) is 25.5 Å². The van der Waals surface area contributed by atoms with Crippen LogP contribution in [0.25, 0.3) is 0 Å². The average molecular weight is 193 g/mol. The maximum Gasteiger partial charge on any atom is 0.254 e. The van der Waals surface area contributed by atoms with Crippen LogP contribution in [0, 0.1) is 0 Å². The van der Waals surface area contributed by atoms with Crippen LogP contribution in [-0.4, -0.2) is 24.4 Å².